The van der Waals surface area contributed by atoms with Crippen molar-refractivity contribution >= 4 is 33.2 Å². The molecule has 308 valence electrons. The molecule has 1 aromatic carbocycles. The van der Waals surface area contributed by atoms with E-state index in [1.807, 2.05) is 146 Å². The van der Waals surface area contributed by atoms with Crippen molar-refractivity contribution in [2.75, 3.05) is 33.7 Å². The highest BCUT2D eigenvalue weighted by molar-refractivity contribution is 8.77. The summed E-state index contributed by atoms with van der Waals surface area (Å²) in [7, 11) is 6.83. The number of hydrogen-bond donors (Lipinski definition) is 0. The van der Waals surface area contributed by atoms with Crippen molar-refractivity contribution < 1.29 is 28.5 Å². The summed E-state index contributed by atoms with van der Waals surface area (Å²) in [6.07, 6.45) is 11.4. The topological polar surface area (TPSA) is 71.1 Å². The smallest absolute Gasteiger partial charge is 0.129 e. The minimum atomic E-state index is 0. The lowest BCUT2D eigenvalue weighted by molar-refractivity contribution is -0.118. The zero-order chi connectivity index (χ0) is 40.8. The highest BCUT2D eigenvalue weighted by Crippen LogP contribution is 2.30. The third kappa shape index (κ3) is 74.4. The molecular formula is C43H88O6S2. The number of ketones is 2. The van der Waals surface area contributed by atoms with Crippen LogP contribution in [0.1, 0.15) is 164 Å². The minimum absolute atomic E-state index is 0. The van der Waals surface area contributed by atoms with Crippen LogP contribution in [0.15, 0.2) is 53.1 Å². The molecule has 0 bridgehead atoms. The predicted octanol–water partition coefficient (Wildman–Crippen LogP) is 14.6. The Balaban J connectivity index is -0.0000000809. The molecule has 0 fully saturated rings. The zero-order valence-corrected chi connectivity index (χ0v) is 38.2. The summed E-state index contributed by atoms with van der Waals surface area (Å²) < 4.78 is 20.9. The number of para-hydroxylation sites is 1. The van der Waals surface area contributed by atoms with Crippen molar-refractivity contribution in [1.82, 2.24) is 0 Å². The SMILES string of the molecule is C.C/C=C\C(OCCCCC(C)=O)=C(/C)SSC.CC.CC.CC.CC.CC(=O)CCCCOc1ccccc1.COC(C)(C)C.COC(C)C. The Bertz CT molecular complexity index is 833. The second-order valence-corrected chi connectivity index (χ2v) is 13.2. The van der Waals surface area contributed by atoms with Crippen LogP contribution >= 0.6 is 21.6 Å². The molecule has 0 aromatic heterocycles. The fraction of sp³-hybridized carbons (Fsp3) is 0.721. The average molecular weight is 765 g/mol. The molecule has 0 spiro atoms. The van der Waals surface area contributed by atoms with Crippen molar-refractivity contribution in [3.05, 3.63) is 53.1 Å². The Morgan fingerprint density at radius 2 is 1.16 bits per heavy atom. The first-order valence-electron chi connectivity index (χ1n) is 18.7. The quantitative estimate of drug-likeness (QED) is 0.0713. The normalized spacial score (nSPS) is 9.75. The molecule has 8 heteroatoms. The Morgan fingerprint density at radius 1 is 0.765 bits per heavy atom. The van der Waals surface area contributed by atoms with Crippen LogP contribution in [0.5, 0.6) is 5.75 Å². The molecule has 51 heavy (non-hydrogen) atoms. The number of ether oxygens (including phenoxy) is 4. The molecule has 0 amide bonds. The summed E-state index contributed by atoms with van der Waals surface area (Å²) in [5.74, 6) is 2.35. The van der Waals surface area contributed by atoms with Crippen molar-refractivity contribution in [3.63, 3.8) is 0 Å². The summed E-state index contributed by atoms with van der Waals surface area (Å²) in [6.45, 7) is 34.7. The number of carbonyl (C=O) groups is 2. The fourth-order valence-corrected chi connectivity index (χ4v) is 3.88. The lowest BCUT2D eigenvalue weighted by atomic mass is 10.2. The Kier molecular flexibility index (Phi) is 76.1. The van der Waals surface area contributed by atoms with Crippen molar-refractivity contribution in [3.8, 4) is 5.75 Å². The van der Waals surface area contributed by atoms with Crippen LogP contribution in [-0.4, -0.2) is 57.0 Å². The number of hydrogen-bond acceptors (Lipinski definition) is 8. The average Bonchev–Trinajstić information content (AvgIpc) is 3.11. The van der Waals surface area contributed by atoms with Gasteiger partial charge in [-0.05, 0) is 112 Å². The molecule has 0 unspecified atom stereocenters. The van der Waals surface area contributed by atoms with Gasteiger partial charge in [-0.2, -0.15) is 0 Å². The van der Waals surface area contributed by atoms with Gasteiger partial charge in [-0.3, -0.25) is 0 Å². The summed E-state index contributed by atoms with van der Waals surface area (Å²) >= 11 is 0. The van der Waals surface area contributed by atoms with E-state index >= 15 is 0 Å². The van der Waals surface area contributed by atoms with Gasteiger partial charge in [0, 0.05) is 32.0 Å². The number of methoxy groups -OCH3 is 2. The lowest BCUT2D eigenvalue weighted by Crippen LogP contribution is -2.15. The Labute approximate surface area is 328 Å². The van der Waals surface area contributed by atoms with Gasteiger partial charge in [-0.15, -0.1) is 0 Å². The number of carbonyl (C=O) groups excluding carboxylic acids is 2. The summed E-state index contributed by atoms with van der Waals surface area (Å²) in [6, 6.07) is 9.73. The van der Waals surface area contributed by atoms with E-state index in [1.54, 1.807) is 49.7 Å². The first-order valence-corrected chi connectivity index (χ1v) is 21.2. The number of rotatable bonds is 16. The highest BCUT2D eigenvalue weighted by Gasteiger charge is 2.04. The molecule has 0 atom stereocenters. The molecule has 0 aliphatic heterocycles. The molecule has 0 aliphatic rings. The summed E-state index contributed by atoms with van der Waals surface area (Å²) in [5.41, 5.74) is 0.0417. The number of benzene rings is 1. The molecule has 1 rings (SSSR count). The van der Waals surface area contributed by atoms with E-state index in [0.717, 1.165) is 37.2 Å². The van der Waals surface area contributed by atoms with E-state index in [2.05, 4.69) is 6.92 Å². The van der Waals surface area contributed by atoms with Gasteiger partial charge in [-0.1, -0.05) is 109 Å². The van der Waals surface area contributed by atoms with Crippen LogP contribution in [-0.2, 0) is 23.8 Å². The van der Waals surface area contributed by atoms with E-state index in [9.17, 15) is 9.59 Å². The van der Waals surface area contributed by atoms with Gasteiger partial charge in [0.25, 0.3) is 0 Å². The van der Waals surface area contributed by atoms with Crippen LogP contribution < -0.4 is 4.74 Å². The van der Waals surface area contributed by atoms with Gasteiger partial charge >= 0.3 is 0 Å². The zero-order valence-electron chi connectivity index (χ0n) is 36.5. The van der Waals surface area contributed by atoms with Crippen molar-refractivity contribution in [2.24, 2.45) is 0 Å². The van der Waals surface area contributed by atoms with E-state index in [4.69, 9.17) is 18.9 Å². The van der Waals surface area contributed by atoms with Gasteiger partial charge in [0.1, 0.15) is 23.1 Å². The second kappa shape index (κ2) is 57.6. The molecule has 0 saturated heterocycles. The van der Waals surface area contributed by atoms with Gasteiger partial charge in [0.05, 0.1) is 24.9 Å². The molecule has 0 N–H and O–H groups in total. The molecule has 0 heterocycles. The van der Waals surface area contributed by atoms with E-state index in [0.29, 0.717) is 32.2 Å². The molecular weight excluding hydrogens is 677 g/mol. The fourth-order valence-electron chi connectivity index (χ4n) is 2.43. The van der Waals surface area contributed by atoms with E-state index in [1.165, 1.54) is 4.91 Å². The van der Waals surface area contributed by atoms with E-state index < -0.39 is 0 Å². The number of unbranched alkanes of at least 4 members (excludes halogenated alkanes) is 2. The first kappa shape index (κ1) is 67.4. The maximum atomic E-state index is 10.8. The predicted molar refractivity (Wildman–Crippen MR) is 237 cm³/mol. The van der Waals surface area contributed by atoms with Crippen LogP contribution in [0, 0.1) is 0 Å². The van der Waals surface area contributed by atoms with Crippen molar-refractivity contribution in [2.45, 2.75) is 175 Å². The molecule has 0 aliphatic carbocycles. The van der Waals surface area contributed by atoms with Crippen LogP contribution in [0.3, 0.4) is 0 Å². The lowest BCUT2D eigenvalue weighted by Gasteiger charge is -2.14. The maximum Gasteiger partial charge on any atom is 0.129 e. The largest absolute Gasteiger partial charge is 0.494 e. The van der Waals surface area contributed by atoms with Gasteiger partial charge in [0.2, 0.25) is 0 Å². The third-order valence-corrected chi connectivity index (χ3v) is 6.94. The monoisotopic (exact) mass is 765 g/mol. The molecule has 6 nitrogen and oxygen atoms in total. The molecule has 0 saturated carbocycles. The molecule has 0 radical (unpaired) electrons. The van der Waals surface area contributed by atoms with Gasteiger partial charge in [0.15, 0.2) is 0 Å². The Hall–Kier alpha value is -1.74. The van der Waals surface area contributed by atoms with Gasteiger partial charge in [-0.25, -0.2) is 0 Å². The van der Waals surface area contributed by atoms with Crippen LogP contribution in [0.4, 0.5) is 0 Å². The third-order valence-electron chi connectivity index (χ3n) is 5.07. The number of allylic oxidation sites excluding steroid dienone is 3. The van der Waals surface area contributed by atoms with Crippen LogP contribution in [0.25, 0.3) is 0 Å². The second-order valence-electron chi connectivity index (χ2n) is 10.6. The summed E-state index contributed by atoms with van der Waals surface area (Å²) in [4.78, 5) is 22.6. The van der Waals surface area contributed by atoms with Crippen molar-refractivity contribution in [1.29, 1.82) is 0 Å². The highest BCUT2D eigenvalue weighted by atomic mass is 33.1. The van der Waals surface area contributed by atoms with Crippen LogP contribution in [0.2, 0.25) is 0 Å². The summed E-state index contributed by atoms with van der Waals surface area (Å²) in [5, 5.41) is 0. The molecule has 1 aromatic rings. The standard InChI is InChI=1S/C13H22O2S2.C12H16O2.C5H12O.C4H10O.4C2H6.CH4/c1-5-8-13(12(3)17-16-4)15-10-7-6-9-11(2)14;1-11(13)7-5-6-10-14-12-8-3-2-4-9-12;1-5(2,3)6-4;1-4(2)5-3;4*1-2;/h5,8H,6-7,9-10H2,1-4H3;2-4,8-9H,5-7,10H2,1H3;1-4H3;4H,1-3H3;4*1-2H3;1H4/b8-5-,13-12-;;;;;;;;. The minimum Gasteiger partial charge on any atom is -0.494 e. The maximum absolute atomic E-state index is 10.8. The number of Topliss-reactive ketones (excluding diaryl/α,β-unsaturated/α-hetero) is 2. The van der Waals surface area contributed by atoms with Gasteiger partial charge < -0.3 is 28.5 Å². The first-order chi connectivity index (χ1) is 23.7. The Morgan fingerprint density at radius 3 is 1.47 bits per heavy atom. The van der Waals surface area contributed by atoms with E-state index in [-0.39, 0.29) is 24.6 Å².